The molecular formula is C20H18N2O2S3. The van der Waals surface area contributed by atoms with Crippen LogP contribution in [0.3, 0.4) is 0 Å². The number of nitrogens with zero attached hydrogens (tertiary/aromatic N) is 2. The molecule has 7 heteroatoms. The molecule has 27 heavy (non-hydrogen) atoms. The molecule has 0 fully saturated rings. The molecule has 0 unspecified atom stereocenters. The van der Waals surface area contributed by atoms with Crippen molar-refractivity contribution >= 4 is 46.1 Å². The fourth-order valence-corrected chi connectivity index (χ4v) is 4.86. The molecule has 1 amide bonds. The summed E-state index contributed by atoms with van der Waals surface area (Å²) in [7, 11) is 0. The highest BCUT2D eigenvalue weighted by atomic mass is 32.2. The van der Waals surface area contributed by atoms with Gasteiger partial charge in [-0.2, -0.15) is 5.10 Å². The lowest BCUT2D eigenvalue weighted by molar-refractivity contribution is -0.135. The largest absolute Gasteiger partial charge is 0.484 e. The number of thioether (sulfide) groups is 1. The van der Waals surface area contributed by atoms with Gasteiger partial charge < -0.3 is 4.74 Å². The Bertz CT molecular complexity index is 919. The van der Waals surface area contributed by atoms with E-state index in [1.54, 1.807) is 39.4 Å². The molecule has 1 aliphatic heterocycles. The zero-order chi connectivity index (χ0) is 18.6. The van der Waals surface area contributed by atoms with Crippen LogP contribution in [-0.2, 0) is 4.79 Å². The number of rotatable bonds is 6. The van der Waals surface area contributed by atoms with Crippen LogP contribution in [0.2, 0.25) is 0 Å². The third-order valence-electron chi connectivity index (χ3n) is 4.26. The molecule has 0 N–H and O–H groups in total. The Morgan fingerprint density at radius 2 is 1.96 bits per heavy atom. The van der Waals surface area contributed by atoms with E-state index in [0.717, 1.165) is 26.8 Å². The summed E-state index contributed by atoms with van der Waals surface area (Å²) in [5.41, 5.74) is 0.959. The van der Waals surface area contributed by atoms with Crippen LogP contribution in [0.4, 0.5) is 0 Å². The average molecular weight is 415 g/mol. The predicted octanol–water partition coefficient (Wildman–Crippen LogP) is 5.29. The van der Waals surface area contributed by atoms with E-state index in [1.165, 1.54) is 0 Å². The van der Waals surface area contributed by atoms with Gasteiger partial charge in [0.1, 0.15) is 5.75 Å². The van der Waals surface area contributed by atoms with Gasteiger partial charge in [0.2, 0.25) is 0 Å². The average Bonchev–Trinajstić information content (AvgIpc) is 3.46. The van der Waals surface area contributed by atoms with Gasteiger partial charge in [-0.15, -0.1) is 34.4 Å². The first-order valence-corrected chi connectivity index (χ1v) is 11.5. The Labute approximate surface area is 170 Å². The van der Waals surface area contributed by atoms with E-state index in [1.807, 2.05) is 59.5 Å². The Morgan fingerprint density at radius 1 is 1.19 bits per heavy atom. The van der Waals surface area contributed by atoms with Gasteiger partial charge in [0, 0.05) is 16.2 Å². The van der Waals surface area contributed by atoms with Gasteiger partial charge in [0.05, 0.1) is 16.6 Å². The molecule has 0 aliphatic carbocycles. The van der Waals surface area contributed by atoms with Crippen molar-refractivity contribution in [3.05, 3.63) is 69.0 Å². The van der Waals surface area contributed by atoms with Crippen molar-refractivity contribution in [3.63, 3.8) is 0 Å². The number of hydrogen-bond donors (Lipinski definition) is 0. The van der Waals surface area contributed by atoms with E-state index in [-0.39, 0.29) is 18.6 Å². The molecule has 1 aliphatic rings. The first-order valence-electron chi connectivity index (χ1n) is 8.48. The van der Waals surface area contributed by atoms with Crippen LogP contribution in [-0.4, -0.2) is 29.5 Å². The number of hydrazone groups is 1. The van der Waals surface area contributed by atoms with Crippen molar-refractivity contribution < 1.29 is 9.53 Å². The van der Waals surface area contributed by atoms with Gasteiger partial charge in [-0.1, -0.05) is 12.1 Å². The Hall–Kier alpha value is -2.09. The highest BCUT2D eigenvalue weighted by molar-refractivity contribution is 7.98. The van der Waals surface area contributed by atoms with Crippen LogP contribution >= 0.6 is 34.4 Å². The summed E-state index contributed by atoms with van der Waals surface area (Å²) in [4.78, 5) is 16.3. The molecule has 138 valence electrons. The van der Waals surface area contributed by atoms with Crippen molar-refractivity contribution in [2.75, 3.05) is 12.9 Å². The van der Waals surface area contributed by atoms with Crippen LogP contribution in [0, 0.1) is 0 Å². The number of benzene rings is 1. The van der Waals surface area contributed by atoms with Crippen molar-refractivity contribution in [2.24, 2.45) is 5.10 Å². The topological polar surface area (TPSA) is 41.9 Å². The normalized spacial score (nSPS) is 16.4. The molecule has 0 spiro atoms. The predicted molar refractivity (Wildman–Crippen MR) is 113 cm³/mol. The molecule has 0 saturated carbocycles. The summed E-state index contributed by atoms with van der Waals surface area (Å²) < 4.78 is 5.71. The Morgan fingerprint density at radius 3 is 2.63 bits per heavy atom. The fraction of sp³-hybridized carbons (Fsp3) is 0.200. The molecule has 0 bridgehead atoms. The molecule has 4 rings (SSSR count). The number of hydrogen-bond acceptors (Lipinski definition) is 6. The van der Waals surface area contributed by atoms with Crippen molar-refractivity contribution in [1.82, 2.24) is 5.01 Å². The zero-order valence-corrected chi connectivity index (χ0v) is 17.2. The molecule has 0 saturated heterocycles. The molecule has 4 nitrogen and oxygen atoms in total. The summed E-state index contributed by atoms with van der Waals surface area (Å²) in [6.07, 6.45) is 2.76. The third kappa shape index (κ3) is 4.10. The Balaban J connectivity index is 1.49. The van der Waals surface area contributed by atoms with Gasteiger partial charge in [0.15, 0.2) is 6.61 Å². The molecular weight excluding hydrogens is 396 g/mol. The van der Waals surface area contributed by atoms with Crippen LogP contribution < -0.4 is 4.74 Å². The second-order valence-electron chi connectivity index (χ2n) is 5.96. The summed E-state index contributed by atoms with van der Waals surface area (Å²) in [5.74, 6) is 0.560. The first kappa shape index (κ1) is 18.3. The van der Waals surface area contributed by atoms with Gasteiger partial charge in [-0.05, 0) is 53.4 Å². The van der Waals surface area contributed by atoms with E-state index >= 15 is 0 Å². The third-order valence-corrected chi connectivity index (χ3v) is 6.90. The van der Waals surface area contributed by atoms with E-state index < -0.39 is 0 Å². The number of carbonyl (C=O) groups excluding carboxylic acids is 1. The highest BCUT2D eigenvalue weighted by Gasteiger charge is 2.34. The number of amides is 1. The fourth-order valence-electron chi connectivity index (χ4n) is 2.92. The first-order chi connectivity index (χ1) is 13.2. The van der Waals surface area contributed by atoms with Crippen LogP contribution in [0.5, 0.6) is 5.75 Å². The molecule has 3 heterocycles. The van der Waals surface area contributed by atoms with Crippen LogP contribution in [0.15, 0.2) is 69.3 Å². The summed E-state index contributed by atoms with van der Waals surface area (Å²) >= 11 is 4.97. The van der Waals surface area contributed by atoms with E-state index in [0.29, 0.717) is 5.75 Å². The van der Waals surface area contributed by atoms with Gasteiger partial charge in [0.25, 0.3) is 5.91 Å². The number of ether oxygens (including phenoxy) is 1. The minimum Gasteiger partial charge on any atom is -0.484 e. The molecule has 1 aromatic carbocycles. The van der Waals surface area contributed by atoms with Crippen molar-refractivity contribution in [2.45, 2.75) is 17.4 Å². The molecule has 1 atom stereocenters. The van der Waals surface area contributed by atoms with Gasteiger partial charge in [-0.25, -0.2) is 5.01 Å². The Kier molecular flexibility index (Phi) is 5.61. The molecule has 3 aromatic rings. The smallest absolute Gasteiger partial charge is 0.281 e. The lowest BCUT2D eigenvalue weighted by atomic mass is 10.1. The number of thiophene rings is 2. The maximum atomic E-state index is 12.9. The minimum atomic E-state index is -0.131. The minimum absolute atomic E-state index is 0.0261. The second-order valence-corrected chi connectivity index (χ2v) is 8.77. The quantitative estimate of drug-likeness (QED) is 0.515. The van der Waals surface area contributed by atoms with Crippen LogP contribution in [0.1, 0.15) is 22.2 Å². The lowest BCUT2D eigenvalue weighted by Crippen LogP contribution is -2.31. The number of carbonyl (C=O) groups is 1. The summed E-state index contributed by atoms with van der Waals surface area (Å²) in [5, 5.41) is 10.3. The summed E-state index contributed by atoms with van der Waals surface area (Å²) in [6, 6.07) is 15.8. The highest BCUT2D eigenvalue weighted by Crippen LogP contribution is 2.36. The lowest BCUT2D eigenvalue weighted by Gasteiger charge is -2.20. The van der Waals surface area contributed by atoms with Crippen molar-refractivity contribution in [1.29, 1.82) is 0 Å². The standard InChI is InChI=1S/C20H18N2O2S3/c1-25-15-8-6-14(7-9-15)24-13-20(23)22-17(19-5-3-11-27-19)12-16(21-22)18-4-2-10-26-18/h2-11,17H,12-13H2,1H3/t17-/m1/s1. The van der Waals surface area contributed by atoms with Gasteiger partial charge in [-0.3, -0.25) is 4.79 Å². The van der Waals surface area contributed by atoms with Crippen LogP contribution in [0.25, 0.3) is 0 Å². The second kappa shape index (κ2) is 8.29. The molecule has 0 radical (unpaired) electrons. The summed E-state index contributed by atoms with van der Waals surface area (Å²) in [6.45, 7) is -0.0261. The van der Waals surface area contributed by atoms with E-state index in [2.05, 4.69) is 11.2 Å². The zero-order valence-electron chi connectivity index (χ0n) is 14.7. The molecule has 2 aromatic heterocycles. The SMILES string of the molecule is CSc1ccc(OCC(=O)N2N=C(c3cccs3)C[C@@H]2c2cccs2)cc1. The monoisotopic (exact) mass is 414 g/mol. The van der Waals surface area contributed by atoms with Crippen molar-refractivity contribution in [3.8, 4) is 5.75 Å². The maximum Gasteiger partial charge on any atom is 0.281 e. The van der Waals surface area contributed by atoms with E-state index in [9.17, 15) is 4.79 Å². The van der Waals surface area contributed by atoms with E-state index in [4.69, 9.17) is 4.74 Å². The maximum absolute atomic E-state index is 12.9. The van der Waals surface area contributed by atoms with Gasteiger partial charge >= 0.3 is 0 Å².